The minimum Gasteiger partial charge on any atom is -0.351 e. The highest BCUT2D eigenvalue weighted by Gasteiger charge is 2.16. The van der Waals surface area contributed by atoms with E-state index in [2.05, 4.69) is 35.3 Å². The van der Waals surface area contributed by atoms with Gasteiger partial charge in [-0.15, -0.1) is 6.42 Å². The minimum absolute atomic E-state index is 0.00389. The summed E-state index contributed by atoms with van der Waals surface area (Å²) in [5.41, 5.74) is 0. The van der Waals surface area contributed by atoms with E-state index < -0.39 is 0 Å². The van der Waals surface area contributed by atoms with Gasteiger partial charge in [0.25, 0.3) is 0 Å². The summed E-state index contributed by atoms with van der Waals surface area (Å²) in [5.74, 6) is 2.84. The lowest BCUT2D eigenvalue weighted by molar-refractivity contribution is -0.121. The number of carbonyl (C=O) groups is 1. The molecule has 0 bridgehead atoms. The molecule has 0 aromatic heterocycles. The first-order chi connectivity index (χ1) is 7.47. The fourth-order valence-electron chi connectivity index (χ4n) is 1.32. The number of hydrogen-bond acceptors (Lipinski definition) is 3. The van der Waals surface area contributed by atoms with Gasteiger partial charge in [0.05, 0.1) is 13.1 Å². The molecule has 0 aromatic rings. The van der Waals surface area contributed by atoms with Gasteiger partial charge in [0.2, 0.25) is 5.91 Å². The molecule has 16 heavy (non-hydrogen) atoms. The van der Waals surface area contributed by atoms with E-state index in [1.807, 2.05) is 14.1 Å². The number of rotatable bonds is 7. The van der Waals surface area contributed by atoms with Gasteiger partial charge in [0.1, 0.15) is 0 Å². The first kappa shape index (κ1) is 14.9. The van der Waals surface area contributed by atoms with Crippen molar-refractivity contribution in [3.05, 3.63) is 0 Å². The first-order valence-electron chi connectivity index (χ1n) is 5.55. The van der Waals surface area contributed by atoms with Gasteiger partial charge in [-0.2, -0.15) is 0 Å². The highest BCUT2D eigenvalue weighted by atomic mass is 16.2. The van der Waals surface area contributed by atoms with Gasteiger partial charge < -0.3 is 10.2 Å². The first-order valence-corrected chi connectivity index (χ1v) is 5.55. The highest BCUT2D eigenvalue weighted by molar-refractivity contribution is 5.78. The Balaban J connectivity index is 3.99. The number of terminal acetylenes is 1. The van der Waals surface area contributed by atoms with Crippen LogP contribution in [0, 0.1) is 18.3 Å². The van der Waals surface area contributed by atoms with Crippen molar-refractivity contribution in [3.63, 3.8) is 0 Å². The monoisotopic (exact) mass is 225 g/mol. The summed E-state index contributed by atoms with van der Waals surface area (Å²) in [6, 6.07) is 0.176. The van der Waals surface area contributed by atoms with Crippen LogP contribution in [0.15, 0.2) is 0 Å². The molecule has 0 saturated heterocycles. The molecule has 2 N–H and O–H groups in total. The van der Waals surface area contributed by atoms with E-state index in [0.717, 1.165) is 6.54 Å². The van der Waals surface area contributed by atoms with Crippen LogP contribution in [0.1, 0.15) is 13.8 Å². The van der Waals surface area contributed by atoms with Crippen molar-refractivity contribution in [2.24, 2.45) is 5.92 Å². The molecule has 4 nitrogen and oxygen atoms in total. The van der Waals surface area contributed by atoms with Crippen LogP contribution in [-0.2, 0) is 4.79 Å². The zero-order valence-electron chi connectivity index (χ0n) is 10.7. The van der Waals surface area contributed by atoms with E-state index in [-0.39, 0.29) is 18.5 Å². The van der Waals surface area contributed by atoms with Crippen molar-refractivity contribution < 1.29 is 4.79 Å². The lowest BCUT2D eigenvalue weighted by Gasteiger charge is -2.25. The molecular formula is C12H23N3O. The van der Waals surface area contributed by atoms with Crippen LogP contribution in [0.4, 0.5) is 0 Å². The summed E-state index contributed by atoms with van der Waals surface area (Å²) in [6.45, 7) is 5.75. The normalized spacial score (nSPS) is 12.6. The summed E-state index contributed by atoms with van der Waals surface area (Å²) in [4.78, 5) is 13.6. The van der Waals surface area contributed by atoms with Crippen molar-refractivity contribution in [2.75, 3.05) is 33.7 Å². The van der Waals surface area contributed by atoms with Crippen LogP contribution >= 0.6 is 0 Å². The summed E-state index contributed by atoms with van der Waals surface area (Å²) < 4.78 is 0. The molecule has 0 aliphatic carbocycles. The lowest BCUT2D eigenvalue weighted by Crippen LogP contribution is -2.47. The largest absolute Gasteiger partial charge is 0.351 e. The maximum absolute atomic E-state index is 11.6. The molecule has 92 valence electrons. The second-order valence-corrected chi connectivity index (χ2v) is 4.49. The fourth-order valence-corrected chi connectivity index (χ4v) is 1.32. The molecule has 1 unspecified atom stereocenters. The molecule has 1 amide bonds. The summed E-state index contributed by atoms with van der Waals surface area (Å²) in [5, 5.41) is 5.87. The van der Waals surface area contributed by atoms with Crippen LogP contribution in [-0.4, -0.2) is 50.6 Å². The van der Waals surface area contributed by atoms with Gasteiger partial charge in [0.15, 0.2) is 0 Å². The Bertz CT molecular complexity index is 243. The summed E-state index contributed by atoms with van der Waals surface area (Å²) in [6.07, 6.45) is 5.08. The number of carbonyl (C=O) groups excluding carboxylic acids is 1. The standard InChI is InChI=1S/C12H23N3O/c1-6-7-13-8-12(16)14-11(10(2)3)9-15(4)5/h1,10-11,13H,7-9H2,2-5H3,(H,14,16). The average Bonchev–Trinajstić information content (AvgIpc) is 2.16. The van der Waals surface area contributed by atoms with E-state index in [1.54, 1.807) is 0 Å². The molecule has 1 atom stereocenters. The molecule has 0 spiro atoms. The van der Waals surface area contributed by atoms with E-state index in [1.165, 1.54) is 0 Å². The fraction of sp³-hybridized carbons (Fsp3) is 0.750. The van der Waals surface area contributed by atoms with Crippen molar-refractivity contribution in [3.8, 4) is 12.3 Å². The van der Waals surface area contributed by atoms with Crippen LogP contribution in [0.2, 0.25) is 0 Å². The summed E-state index contributed by atoms with van der Waals surface area (Å²) in [7, 11) is 4.00. The van der Waals surface area contributed by atoms with Crippen molar-refractivity contribution in [1.82, 2.24) is 15.5 Å². The maximum Gasteiger partial charge on any atom is 0.234 e. The van der Waals surface area contributed by atoms with E-state index in [9.17, 15) is 4.79 Å². The Morgan fingerprint density at radius 1 is 1.44 bits per heavy atom. The van der Waals surface area contributed by atoms with Gasteiger partial charge in [-0.25, -0.2) is 0 Å². The third-order valence-electron chi connectivity index (χ3n) is 2.23. The smallest absolute Gasteiger partial charge is 0.234 e. The Morgan fingerprint density at radius 3 is 2.50 bits per heavy atom. The topological polar surface area (TPSA) is 44.4 Å². The van der Waals surface area contributed by atoms with Crippen LogP contribution < -0.4 is 10.6 Å². The van der Waals surface area contributed by atoms with Gasteiger partial charge in [-0.1, -0.05) is 19.8 Å². The molecule has 0 radical (unpaired) electrons. The molecular weight excluding hydrogens is 202 g/mol. The average molecular weight is 225 g/mol. The minimum atomic E-state index is -0.00389. The predicted molar refractivity (Wildman–Crippen MR) is 67.0 cm³/mol. The third-order valence-corrected chi connectivity index (χ3v) is 2.23. The summed E-state index contributed by atoms with van der Waals surface area (Å²) >= 11 is 0. The second kappa shape index (κ2) is 8.14. The number of amides is 1. The second-order valence-electron chi connectivity index (χ2n) is 4.49. The molecule has 0 aliphatic heterocycles. The number of nitrogens with one attached hydrogen (secondary N) is 2. The molecule has 0 saturated carbocycles. The zero-order valence-corrected chi connectivity index (χ0v) is 10.7. The lowest BCUT2D eigenvalue weighted by atomic mass is 10.0. The predicted octanol–water partition coefficient (Wildman–Crippen LogP) is -0.0884. The number of nitrogens with zero attached hydrogens (tertiary/aromatic N) is 1. The van der Waals surface area contributed by atoms with Crippen LogP contribution in [0.25, 0.3) is 0 Å². The Labute approximate surface area is 98.8 Å². The van der Waals surface area contributed by atoms with Gasteiger partial charge in [0, 0.05) is 12.6 Å². The van der Waals surface area contributed by atoms with E-state index in [4.69, 9.17) is 6.42 Å². The Hall–Kier alpha value is -1.05. The van der Waals surface area contributed by atoms with Crippen molar-refractivity contribution >= 4 is 5.91 Å². The van der Waals surface area contributed by atoms with E-state index in [0.29, 0.717) is 12.5 Å². The van der Waals surface area contributed by atoms with Gasteiger partial charge >= 0.3 is 0 Å². The number of likely N-dealkylation sites (N-methyl/N-ethyl adjacent to an activating group) is 1. The van der Waals surface area contributed by atoms with Crippen LogP contribution in [0.3, 0.4) is 0 Å². The molecule has 0 fully saturated rings. The van der Waals surface area contributed by atoms with Crippen LogP contribution in [0.5, 0.6) is 0 Å². The Kier molecular flexibility index (Phi) is 7.61. The maximum atomic E-state index is 11.6. The molecule has 0 rings (SSSR count). The van der Waals surface area contributed by atoms with Gasteiger partial charge in [-0.3, -0.25) is 10.1 Å². The molecule has 0 aromatic carbocycles. The van der Waals surface area contributed by atoms with Gasteiger partial charge in [-0.05, 0) is 20.0 Å². The van der Waals surface area contributed by atoms with Crippen molar-refractivity contribution in [1.29, 1.82) is 0 Å². The highest BCUT2D eigenvalue weighted by Crippen LogP contribution is 2.02. The molecule has 0 aliphatic rings. The Morgan fingerprint density at radius 2 is 2.06 bits per heavy atom. The molecule has 0 heterocycles. The molecule has 4 heteroatoms. The SMILES string of the molecule is C#CCNCC(=O)NC(CN(C)C)C(C)C. The zero-order chi connectivity index (χ0) is 12.6. The number of hydrogen-bond donors (Lipinski definition) is 2. The van der Waals surface area contributed by atoms with E-state index >= 15 is 0 Å². The van der Waals surface area contributed by atoms with Crippen molar-refractivity contribution in [2.45, 2.75) is 19.9 Å². The third kappa shape index (κ3) is 7.27. The quantitative estimate of drug-likeness (QED) is 0.470.